The van der Waals surface area contributed by atoms with Gasteiger partial charge in [0.15, 0.2) is 0 Å². The van der Waals surface area contributed by atoms with E-state index in [2.05, 4.69) is 6.92 Å². The third kappa shape index (κ3) is 1.64. The number of carboxylic acid groups (broad SMARTS) is 1. The van der Waals surface area contributed by atoms with Gasteiger partial charge >= 0.3 is 5.97 Å². The summed E-state index contributed by atoms with van der Waals surface area (Å²) in [7, 11) is 0. The lowest BCUT2D eigenvalue weighted by Gasteiger charge is -2.59. The molecule has 4 bridgehead atoms. The van der Waals surface area contributed by atoms with Crippen molar-refractivity contribution in [2.45, 2.75) is 46.0 Å². The number of hydrogen-bond donors (Lipinski definition) is 1. The zero-order valence-electron chi connectivity index (χ0n) is 10.8. The van der Waals surface area contributed by atoms with E-state index in [0.29, 0.717) is 28.7 Å². The predicted octanol–water partition coefficient (Wildman–Crippen LogP) is 3.48. The monoisotopic (exact) mass is 234 g/mol. The quantitative estimate of drug-likeness (QED) is 0.743. The van der Waals surface area contributed by atoms with Crippen molar-refractivity contribution in [2.24, 2.45) is 29.1 Å². The first-order chi connectivity index (χ1) is 8.02. The van der Waals surface area contributed by atoms with Crippen molar-refractivity contribution >= 4 is 5.97 Å². The van der Waals surface area contributed by atoms with Crippen LogP contribution in [0.15, 0.2) is 11.6 Å². The van der Waals surface area contributed by atoms with Crippen LogP contribution in [-0.2, 0) is 4.79 Å². The van der Waals surface area contributed by atoms with Crippen LogP contribution in [0.4, 0.5) is 0 Å². The predicted molar refractivity (Wildman–Crippen MR) is 66.5 cm³/mol. The number of carboxylic acids is 1. The standard InChI is InChI=1S/C15H22O2/c1-3-12(14(16)17)13-10-4-9-5-11(13)8-15(2,6-9)7-10/h3,9-11,13H,4-8H2,1-2H3,(H,16,17). The fourth-order valence-corrected chi connectivity index (χ4v) is 5.40. The van der Waals surface area contributed by atoms with E-state index in [1.165, 1.54) is 32.1 Å². The van der Waals surface area contributed by atoms with Gasteiger partial charge in [-0.2, -0.15) is 0 Å². The molecule has 4 saturated carbocycles. The molecule has 0 radical (unpaired) electrons. The average Bonchev–Trinajstić information content (AvgIpc) is 2.20. The first kappa shape index (κ1) is 11.3. The fraction of sp³-hybridized carbons (Fsp3) is 0.800. The molecule has 2 nitrogen and oxygen atoms in total. The lowest BCUT2D eigenvalue weighted by atomic mass is 9.46. The molecule has 0 aromatic rings. The highest BCUT2D eigenvalue weighted by Gasteiger charge is 2.54. The summed E-state index contributed by atoms with van der Waals surface area (Å²) in [4.78, 5) is 11.4. The van der Waals surface area contributed by atoms with E-state index >= 15 is 0 Å². The van der Waals surface area contributed by atoms with Gasteiger partial charge in [0, 0.05) is 5.57 Å². The Kier molecular flexibility index (Phi) is 2.39. The third-order valence-electron chi connectivity index (χ3n) is 5.50. The van der Waals surface area contributed by atoms with Crippen LogP contribution < -0.4 is 0 Å². The number of rotatable bonds is 2. The molecule has 17 heavy (non-hydrogen) atoms. The van der Waals surface area contributed by atoms with Gasteiger partial charge in [-0.1, -0.05) is 13.0 Å². The molecule has 0 aromatic heterocycles. The first-order valence-corrected chi connectivity index (χ1v) is 6.92. The Labute approximate surface area is 103 Å². The lowest BCUT2D eigenvalue weighted by molar-refractivity contribution is -0.136. The Balaban J connectivity index is 1.92. The molecule has 0 saturated heterocycles. The van der Waals surface area contributed by atoms with E-state index in [-0.39, 0.29) is 0 Å². The highest BCUT2D eigenvalue weighted by atomic mass is 16.4. The van der Waals surface area contributed by atoms with Gasteiger partial charge < -0.3 is 5.11 Å². The maximum atomic E-state index is 11.4. The first-order valence-electron chi connectivity index (χ1n) is 6.92. The van der Waals surface area contributed by atoms with E-state index in [0.717, 1.165) is 5.92 Å². The molecule has 0 aromatic carbocycles. The minimum Gasteiger partial charge on any atom is -0.478 e. The average molecular weight is 234 g/mol. The van der Waals surface area contributed by atoms with E-state index < -0.39 is 5.97 Å². The molecule has 4 aliphatic rings. The van der Waals surface area contributed by atoms with E-state index in [1.54, 1.807) is 0 Å². The molecule has 0 aliphatic heterocycles. The molecule has 4 fully saturated rings. The second-order valence-electron chi connectivity index (χ2n) is 6.86. The molecule has 2 unspecified atom stereocenters. The highest BCUT2D eigenvalue weighted by Crippen LogP contribution is 2.63. The molecule has 1 N–H and O–H groups in total. The van der Waals surface area contributed by atoms with Gasteiger partial charge in [-0.15, -0.1) is 0 Å². The van der Waals surface area contributed by atoms with Gasteiger partial charge in [-0.3, -0.25) is 0 Å². The molecule has 94 valence electrons. The molecule has 0 amide bonds. The Hall–Kier alpha value is -0.790. The maximum absolute atomic E-state index is 11.4. The van der Waals surface area contributed by atoms with Crippen molar-refractivity contribution in [2.75, 3.05) is 0 Å². The third-order valence-corrected chi connectivity index (χ3v) is 5.50. The summed E-state index contributed by atoms with van der Waals surface area (Å²) < 4.78 is 0. The van der Waals surface area contributed by atoms with Crippen LogP contribution in [0.25, 0.3) is 0 Å². The molecule has 4 aliphatic carbocycles. The number of carbonyl (C=O) groups is 1. The van der Waals surface area contributed by atoms with Gasteiger partial charge in [0.05, 0.1) is 0 Å². The van der Waals surface area contributed by atoms with E-state index in [1.807, 2.05) is 13.0 Å². The van der Waals surface area contributed by atoms with Crippen LogP contribution in [0.2, 0.25) is 0 Å². The molecule has 0 heterocycles. The largest absolute Gasteiger partial charge is 0.478 e. The molecule has 2 heteroatoms. The van der Waals surface area contributed by atoms with Gasteiger partial charge in [0.2, 0.25) is 0 Å². The number of aliphatic carboxylic acids is 1. The van der Waals surface area contributed by atoms with Crippen molar-refractivity contribution in [1.29, 1.82) is 0 Å². The normalized spacial score (nSPS) is 48.5. The topological polar surface area (TPSA) is 37.3 Å². The smallest absolute Gasteiger partial charge is 0.331 e. The van der Waals surface area contributed by atoms with Crippen molar-refractivity contribution in [3.05, 3.63) is 11.6 Å². The van der Waals surface area contributed by atoms with Crippen LogP contribution in [0.3, 0.4) is 0 Å². The van der Waals surface area contributed by atoms with E-state index in [4.69, 9.17) is 0 Å². The second kappa shape index (κ2) is 3.60. The summed E-state index contributed by atoms with van der Waals surface area (Å²) in [6, 6.07) is 0. The Bertz CT molecular complexity index is 366. The summed E-state index contributed by atoms with van der Waals surface area (Å²) in [6.07, 6.45) is 8.32. The molecule has 2 atom stereocenters. The maximum Gasteiger partial charge on any atom is 0.331 e. The molecular weight excluding hydrogens is 212 g/mol. The Morgan fingerprint density at radius 3 is 2.24 bits per heavy atom. The zero-order valence-corrected chi connectivity index (χ0v) is 10.8. The molecule has 4 rings (SSSR count). The summed E-state index contributed by atoms with van der Waals surface area (Å²) >= 11 is 0. The highest BCUT2D eigenvalue weighted by molar-refractivity contribution is 5.87. The molecule has 0 spiro atoms. The van der Waals surface area contributed by atoms with Gasteiger partial charge in [0.25, 0.3) is 0 Å². The van der Waals surface area contributed by atoms with Gasteiger partial charge in [-0.05, 0) is 68.1 Å². The SMILES string of the molecule is CC=C(C(=O)O)C1C2CC3CC1CC(C)(C3)C2. The van der Waals surface area contributed by atoms with Gasteiger partial charge in [0.1, 0.15) is 0 Å². The summed E-state index contributed by atoms with van der Waals surface area (Å²) in [5.41, 5.74) is 1.23. The number of allylic oxidation sites excluding steroid dienone is 1. The number of hydrogen-bond acceptors (Lipinski definition) is 1. The summed E-state index contributed by atoms with van der Waals surface area (Å²) in [5.74, 6) is 1.85. The minimum absolute atomic E-state index is 0.349. The fourth-order valence-electron chi connectivity index (χ4n) is 5.40. The summed E-state index contributed by atoms with van der Waals surface area (Å²) in [6.45, 7) is 4.31. The Morgan fingerprint density at radius 2 is 1.82 bits per heavy atom. The Morgan fingerprint density at radius 1 is 1.24 bits per heavy atom. The van der Waals surface area contributed by atoms with Crippen LogP contribution >= 0.6 is 0 Å². The van der Waals surface area contributed by atoms with Crippen LogP contribution in [0.5, 0.6) is 0 Å². The van der Waals surface area contributed by atoms with Gasteiger partial charge in [-0.25, -0.2) is 4.79 Å². The zero-order chi connectivity index (χ0) is 12.2. The van der Waals surface area contributed by atoms with Crippen LogP contribution in [0, 0.1) is 29.1 Å². The lowest BCUT2D eigenvalue weighted by Crippen LogP contribution is -2.50. The van der Waals surface area contributed by atoms with Crippen LogP contribution in [0.1, 0.15) is 46.0 Å². The van der Waals surface area contributed by atoms with Crippen molar-refractivity contribution < 1.29 is 9.90 Å². The second-order valence-corrected chi connectivity index (χ2v) is 6.86. The van der Waals surface area contributed by atoms with Crippen molar-refractivity contribution in [3.8, 4) is 0 Å². The van der Waals surface area contributed by atoms with E-state index in [9.17, 15) is 9.90 Å². The van der Waals surface area contributed by atoms with Crippen molar-refractivity contribution in [3.63, 3.8) is 0 Å². The molecular formula is C15H22O2. The van der Waals surface area contributed by atoms with Crippen molar-refractivity contribution in [1.82, 2.24) is 0 Å². The minimum atomic E-state index is -0.685. The van der Waals surface area contributed by atoms with Crippen LogP contribution in [-0.4, -0.2) is 11.1 Å². The summed E-state index contributed by atoms with van der Waals surface area (Å²) in [5, 5.41) is 9.35.